The van der Waals surface area contributed by atoms with E-state index in [0.29, 0.717) is 17.2 Å². The Balaban J connectivity index is 0.00000380. The molecule has 0 amide bonds. The monoisotopic (exact) mass is 534 g/mol. The Morgan fingerprint density at radius 1 is 0.811 bits per heavy atom. The molecule has 0 aliphatic heterocycles. The molecule has 1 aliphatic rings. The van der Waals surface area contributed by atoms with Crippen molar-refractivity contribution in [1.29, 1.82) is 0 Å². The van der Waals surface area contributed by atoms with Crippen LogP contribution in [0.3, 0.4) is 0 Å². The number of rotatable bonds is 7. The van der Waals surface area contributed by atoms with E-state index < -0.39 is 26.9 Å². The third-order valence-corrected chi connectivity index (χ3v) is 6.87. The molecule has 3 aromatic carbocycles. The normalized spacial score (nSPS) is 19.5. The van der Waals surface area contributed by atoms with Gasteiger partial charge in [0.2, 0.25) is 0 Å². The number of benzene rings is 3. The molecule has 1 aliphatic carbocycles. The Labute approximate surface area is 235 Å². The van der Waals surface area contributed by atoms with E-state index in [1.54, 1.807) is 42.5 Å². The number of azo groups is 2. The predicted molar refractivity (Wildman–Crippen MR) is 137 cm³/mol. The number of aliphatic hydroxyl groups excluding tert-OH is 2. The average molecular weight is 535 g/mol. The molecule has 0 aromatic heterocycles. The van der Waals surface area contributed by atoms with Gasteiger partial charge in [-0.15, -0.1) is 5.11 Å². The summed E-state index contributed by atoms with van der Waals surface area (Å²) in [5.74, 6) is 0.292. The van der Waals surface area contributed by atoms with Crippen molar-refractivity contribution in [2.75, 3.05) is 14.2 Å². The third-order valence-electron chi connectivity index (χ3n) is 5.56. The van der Waals surface area contributed by atoms with Gasteiger partial charge in [0, 0.05) is 11.1 Å². The van der Waals surface area contributed by atoms with Gasteiger partial charge in [-0.05, 0) is 48.5 Å². The van der Waals surface area contributed by atoms with Crippen LogP contribution in [0.25, 0.3) is 5.70 Å². The second-order valence-electron chi connectivity index (χ2n) is 7.65. The molecule has 0 radical (unpaired) electrons. The molecular formula is C24H23N4NaO7S. The van der Waals surface area contributed by atoms with Gasteiger partial charge in [-0.1, -0.05) is 24.3 Å². The van der Waals surface area contributed by atoms with Crippen molar-refractivity contribution in [3.8, 4) is 11.5 Å². The summed E-state index contributed by atoms with van der Waals surface area (Å²) < 4.78 is 45.9. The van der Waals surface area contributed by atoms with Crippen molar-refractivity contribution in [3.63, 3.8) is 0 Å². The number of aliphatic hydroxyl groups is 2. The maximum absolute atomic E-state index is 12.7. The van der Waals surface area contributed by atoms with E-state index in [0.717, 1.165) is 0 Å². The first-order chi connectivity index (χ1) is 17.2. The second-order valence-corrected chi connectivity index (χ2v) is 9.22. The van der Waals surface area contributed by atoms with E-state index in [4.69, 9.17) is 9.47 Å². The number of methoxy groups -OCH3 is 2. The van der Waals surface area contributed by atoms with Crippen LogP contribution in [-0.4, -0.2) is 73.1 Å². The Bertz CT molecular complexity index is 1460. The molecule has 11 nitrogen and oxygen atoms in total. The van der Waals surface area contributed by atoms with Crippen LogP contribution in [-0.2, 0) is 15.0 Å². The van der Waals surface area contributed by atoms with Gasteiger partial charge in [-0.3, -0.25) is 4.55 Å². The molecule has 0 heterocycles. The molecule has 13 heteroatoms. The van der Waals surface area contributed by atoms with Gasteiger partial charge in [0.1, 0.15) is 17.2 Å². The fraction of sp³-hybridized carbons (Fsp3) is 0.167. The molecule has 0 saturated carbocycles. The van der Waals surface area contributed by atoms with Crippen LogP contribution < -0.4 is 9.47 Å². The Kier molecular flexibility index (Phi) is 8.84. The van der Waals surface area contributed by atoms with Crippen LogP contribution in [0.2, 0.25) is 0 Å². The fourth-order valence-electron chi connectivity index (χ4n) is 3.68. The maximum atomic E-state index is 12.7. The van der Waals surface area contributed by atoms with Crippen molar-refractivity contribution in [2.45, 2.75) is 11.0 Å². The van der Waals surface area contributed by atoms with Gasteiger partial charge in [0.25, 0.3) is 4.87 Å². The summed E-state index contributed by atoms with van der Waals surface area (Å²) in [4.78, 5) is -2.76. The van der Waals surface area contributed by atoms with Crippen LogP contribution in [0.4, 0.5) is 11.4 Å². The second kappa shape index (κ2) is 11.5. The predicted octanol–water partition coefficient (Wildman–Crippen LogP) is 4.26. The van der Waals surface area contributed by atoms with Crippen LogP contribution in [0.1, 0.15) is 11.1 Å². The summed E-state index contributed by atoms with van der Waals surface area (Å²) in [6.07, 6.45) is -2.24. The molecule has 0 bridgehead atoms. The zero-order valence-corrected chi connectivity index (χ0v) is 20.0. The van der Waals surface area contributed by atoms with Crippen molar-refractivity contribution >= 4 is 56.7 Å². The summed E-state index contributed by atoms with van der Waals surface area (Å²) >= 11 is 0. The van der Waals surface area contributed by atoms with E-state index in [-0.39, 0.29) is 52.1 Å². The number of hydrogen-bond donors (Lipinski definition) is 3. The molecule has 37 heavy (non-hydrogen) atoms. The van der Waals surface area contributed by atoms with Gasteiger partial charge in [-0.2, -0.15) is 23.8 Å². The van der Waals surface area contributed by atoms with Crippen LogP contribution in [0.5, 0.6) is 11.5 Å². The van der Waals surface area contributed by atoms with Gasteiger partial charge in [-0.25, -0.2) is 0 Å². The zero-order chi connectivity index (χ0) is 25.9. The minimum atomic E-state index is -5.18. The van der Waals surface area contributed by atoms with Crippen LogP contribution in [0, 0.1) is 0 Å². The first-order valence-electron chi connectivity index (χ1n) is 10.5. The SMILES string of the molecule is COc1ccc(/N=N/C2=C(O)C(O)C(/N=N/c3ccc(OC)cc3)(S(=O)(=O)O)c3ccccc32)cc1.[NaH]. The van der Waals surface area contributed by atoms with E-state index in [1.165, 1.54) is 44.6 Å². The molecule has 3 N–H and O–H groups in total. The average Bonchev–Trinajstić information content (AvgIpc) is 2.89. The Morgan fingerprint density at radius 2 is 1.32 bits per heavy atom. The Hall–Kier alpha value is -3.13. The molecule has 3 aromatic rings. The first kappa shape index (κ1) is 28.4. The molecule has 0 spiro atoms. The fourth-order valence-corrected chi connectivity index (χ4v) is 4.68. The first-order valence-corrected chi connectivity index (χ1v) is 12.0. The van der Waals surface area contributed by atoms with Crippen molar-refractivity contribution in [2.24, 2.45) is 20.5 Å². The standard InChI is InChI=1S/C24H22N4O7S.Na.H/c1-34-17-11-7-15(8-12-17)25-27-21-19-5-3-4-6-20(19)24(36(31,32)33,23(30)22(21)29)28-26-16-9-13-18(35-2)14-10-16;;/h3-14,23,29-30H,1-2H3,(H,31,32,33);;/b27-25+,28-26+;;. The van der Waals surface area contributed by atoms with E-state index in [2.05, 4.69) is 20.5 Å². The third kappa shape index (κ3) is 5.44. The van der Waals surface area contributed by atoms with E-state index in [1.807, 2.05) is 0 Å². The molecular weight excluding hydrogens is 511 g/mol. The van der Waals surface area contributed by atoms with E-state index in [9.17, 15) is 23.2 Å². The van der Waals surface area contributed by atoms with Crippen LogP contribution >= 0.6 is 0 Å². The van der Waals surface area contributed by atoms with Crippen molar-refractivity contribution < 1.29 is 32.7 Å². The summed E-state index contributed by atoms with van der Waals surface area (Å²) in [5.41, 5.74) is 0.390. The Morgan fingerprint density at radius 3 is 1.84 bits per heavy atom. The van der Waals surface area contributed by atoms with Crippen LogP contribution in [0.15, 0.2) is 99.0 Å². The number of ether oxygens (including phenoxy) is 2. The summed E-state index contributed by atoms with van der Waals surface area (Å²) in [6.45, 7) is 0. The molecule has 2 unspecified atom stereocenters. The minimum absolute atomic E-state index is 0. The number of fused-ring (bicyclic) bond motifs is 1. The summed E-state index contributed by atoms with van der Waals surface area (Å²) in [7, 11) is -2.17. The zero-order valence-electron chi connectivity index (χ0n) is 19.2. The summed E-state index contributed by atoms with van der Waals surface area (Å²) in [5, 5.41) is 37.8. The van der Waals surface area contributed by atoms with Gasteiger partial charge in [0.05, 0.1) is 25.6 Å². The number of hydrogen-bond acceptors (Lipinski definition) is 10. The molecule has 0 saturated heterocycles. The molecule has 2 atom stereocenters. The van der Waals surface area contributed by atoms with Gasteiger partial charge in [0.15, 0.2) is 11.9 Å². The van der Waals surface area contributed by atoms with Crippen molar-refractivity contribution in [3.05, 3.63) is 89.7 Å². The van der Waals surface area contributed by atoms with Crippen molar-refractivity contribution in [1.82, 2.24) is 0 Å². The topological polar surface area (TPSA) is 163 Å². The number of nitrogens with zero attached hydrogens (tertiary/aromatic N) is 4. The molecule has 0 fully saturated rings. The van der Waals surface area contributed by atoms with Gasteiger partial charge >= 0.3 is 39.7 Å². The summed E-state index contributed by atoms with van der Waals surface area (Å²) in [6, 6.07) is 18.6. The van der Waals surface area contributed by atoms with Gasteiger partial charge < -0.3 is 19.7 Å². The molecule has 188 valence electrons. The quantitative estimate of drug-likeness (QED) is 0.232. The molecule has 4 rings (SSSR count). The van der Waals surface area contributed by atoms with E-state index >= 15 is 0 Å².